The SMILES string of the molecule is CSCC[C@H](NC(=O)[C@H](Cc1ccccc1)NC(=O)CNC(=O)CNC(=O)c1ccccc1OC(C)=O)C(N)=O. The zero-order valence-corrected chi connectivity index (χ0v) is 23.0. The molecule has 2 aromatic rings. The van der Waals surface area contributed by atoms with Crippen molar-refractivity contribution in [3.63, 3.8) is 0 Å². The van der Waals surface area contributed by atoms with Gasteiger partial charge in [0, 0.05) is 13.3 Å². The molecule has 0 saturated carbocycles. The third-order valence-electron chi connectivity index (χ3n) is 5.45. The molecular weight excluding hydrogens is 538 g/mol. The minimum atomic E-state index is -1.04. The third kappa shape index (κ3) is 11.2. The summed E-state index contributed by atoms with van der Waals surface area (Å²) in [6, 6.07) is 13.1. The highest BCUT2D eigenvalue weighted by Gasteiger charge is 2.26. The predicted octanol–water partition coefficient (Wildman–Crippen LogP) is -0.0914. The number of nitrogens with one attached hydrogen (secondary N) is 4. The average Bonchev–Trinajstić information content (AvgIpc) is 2.92. The quantitative estimate of drug-likeness (QED) is 0.145. The number of esters is 1. The largest absolute Gasteiger partial charge is 0.426 e. The summed E-state index contributed by atoms with van der Waals surface area (Å²) in [6.07, 6.45) is 2.33. The van der Waals surface area contributed by atoms with E-state index in [0.717, 1.165) is 5.56 Å². The lowest BCUT2D eigenvalue weighted by atomic mass is 10.0. The summed E-state index contributed by atoms with van der Waals surface area (Å²) in [5, 5.41) is 9.94. The number of ether oxygens (including phenoxy) is 1. The van der Waals surface area contributed by atoms with Crippen LogP contribution < -0.4 is 31.7 Å². The van der Waals surface area contributed by atoms with Gasteiger partial charge in [0.1, 0.15) is 17.8 Å². The Kier molecular flexibility index (Phi) is 13.2. The summed E-state index contributed by atoms with van der Waals surface area (Å²) in [5.41, 5.74) is 6.25. The van der Waals surface area contributed by atoms with E-state index in [1.807, 2.05) is 12.3 Å². The lowest BCUT2D eigenvalue weighted by Crippen LogP contribution is -2.55. The van der Waals surface area contributed by atoms with Crippen LogP contribution in [0.5, 0.6) is 5.75 Å². The number of carbonyl (C=O) groups is 6. The summed E-state index contributed by atoms with van der Waals surface area (Å²) in [6.45, 7) is 0.274. The maximum absolute atomic E-state index is 13.0. The van der Waals surface area contributed by atoms with Gasteiger partial charge in [0.25, 0.3) is 5.91 Å². The van der Waals surface area contributed by atoms with Crippen molar-refractivity contribution in [1.29, 1.82) is 0 Å². The highest BCUT2D eigenvalue weighted by Crippen LogP contribution is 2.17. The maximum Gasteiger partial charge on any atom is 0.308 e. The van der Waals surface area contributed by atoms with Gasteiger partial charge < -0.3 is 31.7 Å². The van der Waals surface area contributed by atoms with Gasteiger partial charge in [0.15, 0.2) is 0 Å². The molecule has 2 aromatic carbocycles. The molecule has 6 N–H and O–H groups in total. The number of hydrogen-bond acceptors (Lipinski definition) is 8. The molecule has 0 bridgehead atoms. The van der Waals surface area contributed by atoms with Gasteiger partial charge in [-0.1, -0.05) is 42.5 Å². The van der Waals surface area contributed by atoms with Crippen LogP contribution in [-0.4, -0.2) is 72.7 Å². The Morgan fingerprint density at radius 1 is 0.850 bits per heavy atom. The molecule has 0 radical (unpaired) electrons. The Morgan fingerprint density at radius 2 is 1.50 bits per heavy atom. The Hall–Kier alpha value is -4.39. The molecule has 0 saturated heterocycles. The summed E-state index contributed by atoms with van der Waals surface area (Å²) in [5.74, 6) is -3.21. The van der Waals surface area contributed by atoms with Crippen LogP contribution in [0.4, 0.5) is 0 Å². The van der Waals surface area contributed by atoms with E-state index in [4.69, 9.17) is 10.5 Å². The van der Waals surface area contributed by atoms with Crippen LogP contribution >= 0.6 is 11.8 Å². The van der Waals surface area contributed by atoms with Crippen molar-refractivity contribution in [2.45, 2.75) is 31.8 Å². The topological polar surface area (TPSA) is 186 Å². The number of nitrogens with two attached hydrogens (primary N) is 1. The van der Waals surface area contributed by atoms with Gasteiger partial charge in [-0.05, 0) is 36.1 Å². The first-order valence-electron chi connectivity index (χ1n) is 12.3. The molecule has 0 aliphatic carbocycles. The van der Waals surface area contributed by atoms with Crippen LogP contribution in [0.1, 0.15) is 29.3 Å². The number of hydrogen-bond donors (Lipinski definition) is 5. The maximum atomic E-state index is 13.0. The number of benzene rings is 2. The van der Waals surface area contributed by atoms with Crippen LogP contribution in [0.15, 0.2) is 54.6 Å². The van der Waals surface area contributed by atoms with Crippen molar-refractivity contribution in [3.05, 3.63) is 65.7 Å². The molecule has 0 spiro atoms. The van der Waals surface area contributed by atoms with Crippen molar-refractivity contribution >= 4 is 47.3 Å². The van der Waals surface area contributed by atoms with Crippen LogP contribution in [0.3, 0.4) is 0 Å². The summed E-state index contributed by atoms with van der Waals surface area (Å²) in [4.78, 5) is 73.4. The van der Waals surface area contributed by atoms with Crippen LogP contribution in [0.25, 0.3) is 0 Å². The van der Waals surface area contributed by atoms with Crippen molar-refractivity contribution in [2.75, 3.05) is 25.1 Å². The average molecular weight is 572 g/mol. The number of carbonyl (C=O) groups excluding carboxylic acids is 6. The van der Waals surface area contributed by atoms with E-state index < -0.39 is 60.7 Å². The molecule has 0 aliphatic heterocycles. The Balaban J connectivity index is 1.95. The lowest BCUT2D eigenvalue weighted by Gasteiger charge is -2.22. The zero-order valence-electron chi connectivity index (χ0n) is 22.2. The first-order chi connectivity index (χ1) is 19.1. The van der Waals surface area contributed by atoms with Crippen LogP contribution in [0.2, 0.25) is 0 Å². The first kappa shape index (κ1) is 31.8. The molecule has 40 heavy (non-hydrogen) atoms. The summed E-state index contributed by atoms with van der Waals surface area (Å²) < 4.78 is 4.99. The van der Waals surface area contributed by atoms with Gasteiger partial charge >= 0.3 is 5.97 Å². The first-order valence-corrected chi connectivity index (χ1v) is 13.7. The molecule has 0 aliphatic rings. The standard InChI is InChI=1S/C27H33N5O7S/c1-17(33)39-22-11-7-6-10-19(22)26(37)30-15-23(34)29-16-24(35)31-21(14-18-8-4-3-5-9-18)27(38)32-20(25(28)36)12-13-40-2/h3-11,20-21H,12-16H2,1-2H3,(H2,28,36)(H,29,34)(H,30,37)(H,31,35)(H,32,38)/t20-,21-/m0/s1. The summed E-state index contributed by atoms with van der Waals surface area (Å²) >= 11 is 1.50. The van der Waals surface area contributed by atoms with Crippen molar-refractivity contribution in [1.82, 2.24) is 21.3 Å². The van der Waals surface area contributed by atoms with E-state index in [2.05, 4.69) is 21.3 Å². The van der Waals surface area contributed by atoms with Crippen molar-refractivity contribution in [2.24, 2.45) is 5.73 Å². The number of para-hydroxylation sites is 1. The van der Waals surface area contributed by atoms with Gasteiger partial charge in [0.2, 0.25) is 23.6 Å². The monoisotopic (exact) mass is 571 g/mol. The molecule has 2 rings (SSSR count). The number of thioether (sulfide) groups is 1. The van der Waals surface area contributed by atoms with E-state index in [1.165, 1.54) is 30.8 Å². The van der Waals surface area contributed by atoms with E-state index >= 15 is 0 Å². The summed E-state index contributed by atoms with van der Waals surface area (Å²) in [7, 11) is 0. The van der Waals surface area contributed by atoms with E-state index in [9.17, 15) is 28.8 Å². The Morgan fingerprint density at radius 3 is 2.15 bits per heavy atom. The molecule has 214 valence electrons. The molecule has 5 amide bonds. The van der Waals surface area contributed by atoms with Gasteiger partial charge in [-0.2, -0.15) is 11.8 Å². The zero-order chi connectivity index (χ0) is 29.5. The molecular formula is C27H33N5O7S. The fourth-order valence-corrected chi connectivity index (χ4v) is 3.96. The Labute approximate surface area is 236 Å². The van der Waals surface area contributed by atoms with Gasteiger partial charge in [-0.25, -0.2) is 0 Å². The molecule has 0 heterocycles. The van der Waals surface area contributed by atoms with Crippen molar-refractivity contribution < 1.29 is 33.5 Å². The predicted molar refractivity (Wildman–Crippen MR) is 149 cm³/mol. The molecule has 0 aromatic heterocycles. The number of amides is 5. The van der Waals surface area contributed by atoms with Gasteiger partial charge in [-0.15, -0.1) is 0 Å². The highest BCUT2D eigenvalue weighted by molar-refractivity contribution is 7.98. The third-order valence-corrected chi connectivity index (χ3v) is 6.09. The lowest BCUT2D eigenvalue weighted by molar-refractivity contribution is -0.132. The Bertz CT molecular complexity index is 1210. The van der Waals surface area contributed by atoms with Gasteiger partial charge in [-0.3, -0.25) is 28.8 Å². The highest BCUT2D eigenvalue weighted by atomic mass is 32.2. The smallest absolute Gasteiger partial charge is 0.308 e. The fraction of sp³-hybridized carbons (Fsp3) is 0.333. The molecule has 13 heteroatoms. The second-order valence-corrected chi connectivity index (χ2v) is 9.59. The molecule has 12 nitrogen and oxygen atoms in total. The molecule has 0 fully saturated rings. The number of rotatable bonds is 15. The fourth-order valence-electron chi connectivity index (χ4n) is 3.49. The minimum absolute atomic E-state index is 0.0436. The molecule has 0 unspecified atom stereocenters. The van der Waals surface area contributed by atoms with Gasteiger partial charge in [0.05, 0.1) is 18.7 Å². The van der Waals surface area contributed by atoms with Crippen LogP contribution in [0, 0.1) is 0 Å². The van der Waals surface area contributed by atoms with Crippen molar-refractivity contribution in [3.8, 4) is 5.75 Å². The number of primary amides is 1. The second-order valence-electron chi connectivity index (χ2n) is 8.60. The van der Waals surface area contributed by atoms with E-state index in [1.54, 1.807) is 36.4 Å². The normalized spacial score (nSPS) is 11.8. The van der Waals surface area contributed by atoms with E-state index in [-0.39, 0.29) is 17.7 Å². The second kappa shape index (κ2) is 16.5. The van der Waals surface area contributed by atoms with Crippen LogP contribution in [-0.2, 0) is 30.4 Å². The molecule has 2 atom stereocenters. The minimum Gasteiger partial charge on any atom is -0.426 e. The van der Waals surface area contributed by atoms with E-state index in [0.29, 0.717) is 12.2 Å².